The number of nitrogens with one attached hydrogen (secondary N) is 2. The number of benzene rings is 1. The van der Waals surface area contributed by atoms with Crippen molar-refractivity contribution in [2.45, 2.75) is 70.1 Å². The van der Waals surface area contributed by atoms with Gasteiger partial charge in [-0.1, -0.05) is 31.4 Å². The van der Waals surface area contributed by atoms with Crippen LogP contribution in [0, 0.1) is 23.0 Å². The Bertz CT molecular complexity index is 855. The molecule has 0 bridgehead atoms. The lowest BCUT2D eigenvalue weighted by molar-refractivity contribution is -0.174. The van der Waals surface area contributed by atoms with Crippen LogP contribution in [-0.2, 0) is 9.59 Å². The minimum atomic E-state index is -5.00. The van der Waals surface area contributed by atoms with Crippen molar-refractivity contribution in [1.29, 1.82) is 0 Å². The molecular formula is C21H24ClF5N2O2. The molecule has 0 unspecified atom stereocenters. The standard InChI is InChI=1S/C21H24ClF5N2O2/c1-20(8-2-3-9-20)17(15-14(23)7-6-13(22)16(15)24)29-18(30)11-4-5-12(10-11)28-19(31)21(25,26)27/h6-7,11-12,17H,2-5,8-10H2,1H3,(H,28,31)(H,29,30)/t11-,12-,17-/m1/s1. The van der Waals surface area contributed by atoms with E-state index in [2.05, 4.69) is 5.32 Å². The summed E-state index contributed by atoms with van der Waals surface area (Å²) < 4.78 is 66.9. The maximum atomic E-state index is 14.8. The van der Waals surface area contributed by atoms with Crippen molar-refractivity contribution in [3.63, 3.8) is 0 Å². The second-order valence-corrected chi connectivity index (χ2v) is 9.14. The minimum Gasteiger partial charge on any atom is -0.348 e. The fraction of sp³-hybridized carbons (Fsp3) is 0.619. The highest BCUT2D eigenvalue weighted by Gasteiger charge is 2.44. The van der Waals surface area contributed by atoms with Crippen molar-refractivity contribution in [2.75, 3.05) is 0 Å². The van der Waals surface area contributed by atoms with E-state index in [9.17, 15) is 31.5 Å². The highest BCUT2D eigenvalue weighted by molar-refractivity contribution is 6.30. The van der Waals surface area contributed by atoms with Gasteiger partial charge in [0, 0.05) is 17.5 Å². The molecule has 2 saturated carbocycles. The van der Waals surface area contributed by atoms with E-state index in [1.807, 2.05) is 12.2 Å². The normalized spacial score (nSPS) is 24.1. The molecule has 2 aliphatic carbocycles. The van der Waals surface area contributed by atoms with E-state index < -0.39 is 53.0 Å². The summed E-state index contributed by atoms with van der Waals surface area (Å²) in [6, 6.07) is 0.405. The Morgan fingerprint density at radius 2 is 1.81 bits per heavy atom. The predicted octanol–water partition coefficient (Wildman–Crippen LogP) is 5.20. The molecule has 0 spiro atoms. The molecule has 2 N–H and O–H groups in total. The monoisotopic (exact) mass is 466 g/mol. The van der Waals surface area contributed by atoms with E-state index in [4.69, 9.17) is 11.6 Å². The van der Waals surface area contributed by atoms with Gasteiger partial charge in [-0.2, -0.15) is 13.2 Å². The Labute approximate surface area is 181 Å². The van der Waals surface area contributed by atoms with Gasteiger partial charge < -0.3 is 10.6 Å². The third-order valence-corrected chi connectivity index (χ3v) is 6.79. The number of carbonyl (C=O) groups excluding carboxylic acids is 2. The van der Waals surface area contributed by atoms with Gasteiger partial charge in [0.25, 0.3) is 0 Å². The minimum absolute atomic E-state index is 0.0254. The Hall–Kier alpha value is -1.90. The number of hydrogen-bond acceptors (Lipinski definition) is 2. The van der Waals surface area contributed by atoms with Crippen LogP contribution in [0.3, 0.4) is 0 Å². The smallest absolute Gasteiger partial charge is 0.348 e. The van der Waals surface area contributed by atoms with Crippen molar-refractivity contribution in [3.8, 4) is 0 Å². The SMILES string of the molecule is CC1([C@H](NC(=O)[C@@H]2CC[C@@H](NC(=O)C(F)(F)F)C2)c2c(F)ccc(Cl)c2F)CCCC1. The number of carbonyl (C=O) groups is 2. The van der Waals surface area contributed by atoms with Crippen LogP contribution in [0.4, 0.5) is 22.0 Å². The van der Waals surface area contributed by atoms with E-state index in [0.717, 1.165) is 25.0 Å². The zero-order valence-corrected chi connectivity index (χ0v) is 17.7. The first kappa shape index (κ1) is 23.8. The third-order valence-electron chi connectivity index (χ3n) is 6.49. The van der Waals surface area contributed by atoms with Crippen LogP contribution in [0.15, 0.2) is 12.1 Å². The summed E-state index contributed by atoms with van der Waals surface area (Å²) in [6.45, 7) is 1.85. The summed E-state index contributed by atoms with van der Waals surface area (Å²) in [6.07, 6.45) is -1.50. The summed E-state index contributed by atoms with van der Waals surface area (Å²) in [5, 5.41) is 4.40. The molecule has 10 heteroatoms. The van der Waals surface area contributed by atoms with Crippen molar-refractivity contribution in [3.05, 3.63) is 34.4 Å². The van der Waals surface area contributed by atoms with Gasteiger partial charge in [-0.3, -0.25) is 9.59 Å². The van der Waals surface area contributed by atoms with Crippen LogP contribution in [0.1, 0.15) is 63.5 Å². The topological polar surface area (TPSA) is 58.2 Å². The van der Waals surface area contributed by atoms with Gasteiger partial charge in [0.2, 0.25) is 5.91 Å². The number of amides is 2. The zero-order chi connectivity index (χ0) is 23.0. The summed E-state index contributed by atoms with van der Waals surface area (Å²) in [7, 11) is 0. The van der Waals surface area contributed by atoms with Crippen LogP contribution in [0.5, 0.6) is 0 Å². The maximum Gasteiger partial charge on any atom is 0.471 e. The molecule has 31 heavy (non-hydrogen) atoms. The number of alkyl halides is 3. The van der Waals surface area contributed by atoms with Crippen LogP contribution >= 0.6 is 11.6 Å². The Morgan fingerprint density at radius 3 is 2.42 bits per heavy atom. The van der Waals surface area contributed by atoms with Gasteiger partial charge in [-0.05, 0) is 49.7 Å². The van der Waals surface area contributed by atoms with Crippen molar-refractivity contribution < 1.29 is 31.5 Å². The van der Waals surface area contributed by atoms with Gasteiger partial charge in [-0.15, -0.1) is 0 Å². The first-order chi connectivity index (χ1) is 14.4. The van der Waals surface area contributed by atoms with Gasteiger partial charge in [0.05, 0.1) is 11.1 Å². The molecule has 4 nitrogen and oxygen atoms in total. The molecule has 2 aliphatic rings. The Kier molecular flexibility index (Phi) is 6.84. The van der Waals surface area contributed by atoms with Gasteiger partial charge in [0.1, 0.15) is 11.6 Å². The van der Waals surface area contributed by atoms with E-state index in [1.165, 1.54) is 0 Å². The van der Waals surface area contributed by atoms with E-state index in [0.29, 0.717) is 12.8 Å². The molecule has 1 aromatic rings. The molecule has 3 rings (SSSR count). The average molecular weight is 467 g/mol. The second kappa shape index (κ2) is 8.92. The summed E-state index contributed by atoms with van der Waals surface area (Å²) in [5.41, 5.74) is -0.893. The molecule has 3 atom stereocenters. The summed E-state index contributed by atoms with van der Waals surface area (Å²) in [5.74, 6) is -4.96. The van der Waals surface area contributed by atoms with Crippen molar-refractivity contribution >= 4 is 23.4 Å². The maximum absolute atomic E-state index is 14.8. The largest absolute Gasteiger partial charge is 0.471 e. The molecule has 0 heterocycles. The van der Waals surface area contributed by atoms with Crippen LogP contribution in [-0.4, -0.2) is 24.0 Å². The summed E-state index contributed by atoms with van der Waals surface area (Å²) in [4.78, 5) is 24.1. The molecule has 172 valence electrons. The molecular weight excluding hydrogens is 443 g/mol. The lowest BCUT2D eigenvalue weighted by atomic mass is 9.76. The highest BCUT2D eigenvalue weighted by atomic mass is 35.5. The molecule has 2 amide bonds. The van der Waals surface area contributed by atoms with E-state index >= 15 is 0 Å². The van der Waals surface area contributed by atoms with E-state index in [1.54, 1.807) is 0 Å². The summed E-state index contributed by atoms with van der Waals surface area (Å²) >= 11 is 5.86. The van der Waals surface area contributed by atoms with Crippen LogP contribution < -0.4 is 10.6 Å². The quantitative estimate of drug-likeness (QED) is 0.462. The van der Waals surface area contributed by atoms with Gasteiger partial charge in [0.15, 0.2) is 0 Å². The lowest BCUT2D eigenvalue weighted by Gasteiger charge is -2.36. The van der Waals surface area contributed by atoms with E-state index in [-0.39, 0.29) is 29.8 Å². The molecule has 0 radical (unpaired) electrons. The number of hydrogen-bond donors (Lipinski definition) is 2. The first-order valence-electron chi connectivity index (χ1n) is 10.2. The number of halogens is 6. The molecule has 0 saturated heterocycles. The zero-order valence-electron chi connectivity index (χ0n) is 16.9. The molecule has 1 aromatic carbocycles. The molecule has 2 fully saturated rings. The fourth-order valence-corrected chi connectivity index (χ4v) is 4.92. The Balaban J connectivity index is 1.78. The lowest BCUT2D eigenvalue weighted by Crippen LogP contribution is -2.43. The second-order valence-electron chi connectivity index (χ2n) is 8.74. The van der Waals surface area contributed by atoms with Gasteiger partial charge >= 0.3 is 12.1 Å². The fourth-order valence-electron chi connectivity index (χ4n) is 4.75. The van der Waals surface area contributed by atoms with Crippen LogP contribution in [0.2, 0.25) is 5.02 Å². The predicted molar refractivity (Wildman–Crippen MR) is 104 cm³/mol. The van der Waals surface area contributed by atoms with Crippen LogP contribution in [0.25, 0.3) is 0 Å². The molecule has 0 aromatic heterocycles. The van der Waals surface area contributed by atoms with Crippen molar-refractivity contribution in [1.82, 2.24) is 10.6 Å². The Morgan fingerprint density at radius 1 is 1.16 bits per heavy atom. The number of rotatable bonds is 5. The first-order valence-corrected chi connectivity index (χ1v) is 10.6. The highest BCUT2D eigenvalue weighted by Crippen LogP contribution is 2.49. The molecule has 0 aliphatic heterocycles. The third kappa shape index (κ3) is 5.13. The average Bonchev–Trinajstić information content (AvgIpc) is 3.33. The van der Waals surface area contributed by atoms with Gasteiger partial charge in [-0.25, -0.2) is 8.78 Å². The van der Waals surface area contributed by atoms with Crippen molar-refractivity contribution in [2.24, 2.45) is 11.3 Å².